The largest absolute Gasteiger partial charge is 0.394 e. The first-order valence-electron chi connectivity index (χ1n) is 4.10. The molecule has 1 aromatic carbocycles. The highest BCUT2D eigenvalue weighted by Crippen LogP contribution is 2.13. The zero-order valence-corrected chi connectivity index (χ0v) is 7.42. The van der Waals surface area contributed by atoms with E-state index in [1.54, 1.807) is 0 Å². The van der Waals surface area contributed by atoms with Crippen molar-refractivity contribution in [2.75, 3.05) is 11.5 Å². The number of hydrogen-bond acceptors (Lipinski definition) is 4. The van der Waals surface area contributed by atoms with E-state index in [9.17, 15) is 0 Å². The molecule has 0 unspecified atom stereocenters. The minimum absolute atomic E-state index is 0.265. The Balaban J connectivity index is 2.19. The molecule has 0 atom stereocenters. The number of aromatic nitrogens is 2. The highest BCUT2D eigenvalue weighted by atomic mass is 16.7. The molecular weight excluding hydrogens is 180 g/mol. The van der Waals surface area contributed by atoms with Crippen molar-refractivity contribution in [3.8, 4) is 5.75 Å². The molecule has 0 aliphatic rings. The number of rotatable bonds is 2. The number of para-hydroxylation sites is 1. The van der Waals surface area contributed by atoms with Gasteiger partial charge in [-0.05, 0) is 12.1 Å². The van der Waals surface area contributed by atoms with Gasteiger partial charge in [-0.15, -0.1) is 5.10 Å². The molecule has 0 amide bonds. The predicted molar refractivity (Wildman–Crippen MR) is 53.5 cm³/mol. The molecule has 0 bridgehead atoms. The first-order valence-corrected chi connectivity index (χ1v) is 4.10. The van der Waals surface area contributed by atoms with Gasteiger partial charge in [0.05, 0.1) is 11.9 Å². The molecule has 0 saturated carbocycles. The molecule has 14 heavy (non-hydrogen) atoms. The third-order valence-corrected chi connectivity index (χ3v) is 1.69. The minimum Gasteiger partial charge on any atom is -0.394 e. The molecule has 0 aliphatic heterocycles. The normalized spacial score (nSPS) is 10.0. The van der Waals surface area contributed by atoms with E-state index in [1.807, 2.05) is 30.3 Å². The van der Waals surface area contributed by atoms with Gasteiger partial charge in [-0.1, -0.05) is 23.0 Å². The summed E-state index contributed by atoms with van der Waals surface area (Å²) in [5.41, 5.74) is 11.4. The van der Waals surface area contributed by atoms with Gasteiger partial charge in [-0.25, -0.2) is 0 Å². The van der Waals surface area contributed by atoms with Crippen LogP contribution in [0.1, 0.15) is 0 Å². The molecule has 0 fully saturated rings. The monoisotopic (exact) mass is 190 g/mol. The average Bonchev–Trinajstić information content (AvgIpc) is 2.47. The van der Waals surface area contributed by atoms with Gasteiger partial charge >= 0.3 is 0 Å². The summed E-state index contributed by atoms with van der Waals surface area (Å²) < 4.78 is 0. The molecule has 0 saturated heterocycles. The van der Waals surface area contributed by atoms with Crippen LogP contribution in [-0.4, -0.2) is 9.94 Å². The molecule has 1 aromatic heterocycles. The van der Waals surface area contributed by atoms with E-state index in [0.717, 1.165) is 0 Å². The fourth-order valence-electron chi connectivity index (χ4n) is 1.01. The Labute approximate surface area is 80.8 Å². The molecule has 72 valence electrons. The van der Waals surface area contributed by atoms with Crippen LogP contribution in [0.4, 0.5) is 11.5 Å². The van der Waals surface area contributed by atoms with Crippen LogP contribution in [0.15, 0.2) is 36.5 Å². The summed E-state index contributed by atoms with van der Waals surface area (Å²) in [6.07, 6.45) is 1.52. The number of nitrogens with two attached hydrogens (primary N) is 2. The number of hydrogen-bond donors (Lipinski definition) is 2. The van der Waals surface area contributed by atoms with E-state index >= 15 is 0 Å². The van der Waals surface area contributed by atoms with Crippen LogP contribution in [0.3, 0.4) is 0 Å². The summed E-state index contributed by atoms with van der Waals surface area (Å²) in [6, 6.07) is 9.26. The van der Waals surface area contributed by atoms with E-state index in [4.69, 9.17) is 16.3 Å². The van der Waals surface area contributed by atoms with Crippen LogP contribution in [0.5, 0.6) is 5.75 Å². The molecule has 0 radical (unpaired) electrons. The smallest absolute Gasteiger partial charge is 0.172 e. The Morgan fingerprint density at radius 3 is 2.43 bits per heavy atom. The van der Waals surface area contributed by atoms with Crippen molar-refractivity contribution in [1.82, 2.24) is 9.94 Å². The Kier molecular flexibility index (Phi) is 1.98. The Bertz CT molecular complexity index is 404. The number of benzene rings is 1. The van der Waals surface area contributed by atoms with Crippen molar-refractivity contribution in [3.63, 3.8) is 0 Å². The number of nitrogen functional groups attached to an aromatic ring is 2. The van der Waals surface area contributed by atoms with Crippen LogP contribution in [0.25, 0.3) is 0 Å². The van der Waals surface area contributed by atoms with Crippen LogP contribution in [0.2, 0.25) is 0 Å². The molecule has 4 N–H and O–H groups in total. The van der Waals surface area contributed by atoms with Crippen molar-refractivity contribution in [2.45, 2.75) is 0 Å². The molecular formula is C9H10N4O. The van der Waals surface area contributed by atoms with Gasteiger partial charge in [0.2, 0.25) is 0 Å². The van der Waals surface area contributed by atoms with Crippen LogP contribution < -0.4 is 16.3 Å². The third kappa shape index (κ3) is 1.61. The summed E-state index contributed by atoms with van der Waals surface area (Å²) in [7, 11) is 0. The lowest BCUT2D eigenvalue weighted by Crippen LogP contribution is -2.05. The third-order valence-electron chi connectivity index (χ3n) is 1.69. The van der Waals surface area contributed by atoms with Gasteiger partial charge in [-0.2, -0.15) is 0 Å². The van der Waals surface area contributed by atoms with Crippen molar-refractivity contribution in [3.05, 3.63) is 36.5 Å². The summed E-state index contributed by atoms with van der Waals surface area (Å²) in [5.74, 6) is 0.941. The standard InChI is InChI=1S/C9H10N4O/c10-8-6-13(12-9(8)11)14-7-4-2-1-3-5-7/h1-6H,10H2,(H2,11,12). The Morgan fingerprint density at radius 2 is 1.86 bits per heavy atom. The van der Waals surface area contributed by atoms with E-state index in [0.29, 0.717) is 11.4 Å². The average molecular weight is 190 g/mol. The van der Waals surface area contributed by atoms with Crippen molar-refractivity contribution in [1.29, 1.82) is 0 Å². The molecule has 2 aromatic rings. The number of anilines is 2. The van der Waals surface area contributed by atoms with Crippen LogP contribution in [-0.2, 0) is 0 Å². The lowest BCUT2D eigenvalue weighted by atomic mass is 10.3. The molecule has 0 aliphatic carbocycles. The van der Waals surface area contributed by atoms with Gasteiger partial charge < -0.3 is 16.3 Å². The maximum Gasteiger partial charge on any atom is 0.172 e. The van der Waals surface area contributed by atoms with E-state index in [-0.39, 0.29) is 5.82 Å². The van der Waals surface area contributed by atoms with Crippen LogP contribution >= 0.6 is 0 Å². The fourth-order valence-corrected chi connectivity index (χ4v) is 1.01. The number of nitrogens with zero attached hydrogens (tertiary/aromatic N) is 2. The SMILES string of the molecule is Nc1cn(Oc2ccccc2)nc1N. The zero-order valence-electron chi connectivity index (χ0n) is 7.42. The van der Waals surface area contributed by atoms with Gasteiger partial charge in [-0.3, -0.25) is 0 Å². The van der Waals surface area contributed by atoms with E-state index in [2.05, 4.69) is 5.10 Å². The van der Waals surface area contributed by atoms with Crippen molar-refractivity contribution >= 4 is 11.5 Å². The molecule has 0 spiro atoms. The topological polar surface area (TPSA) is 79.1 Å². The van der Waals surface area contributed by atoms with Crippen LogP contribution in [0, 0.1) is 0 Å². The van der Waals surface area contributed by atoms with Gasteiger partial charge in [0.25, 0.3) is 0 Å². The maximum absolute atomic E-state index is 5.51. The second-order valence-electron chi connectivity index (χ2n) is 2.78. The zero-order chi connectivity index (χ0) is 9.97. The summed E-state index contributed by atoms with van der Waals surface area (Å²) >= 11 is 0. The predicted octanol–water partition coefficient (Wildman–Crippen LogP) is 0.890. The first kappa shape index (κ1) is 8.43. The highest BCUT2D eigenvalue weighted by Gasteiger charge is 2.02. The second kappa shape index (κ2) is 3.29. The second-order valence-corrected chi connectivity index (χ2v) is 2.78. The van der Waals surface area contributed by atoms with E-state index < -0.39 is 0 Å². The highest BCUT2D eigenvalue weighted by molar-refractivity contribution is 5.56. The molecule has 5 heteroatoms. The summed E-state index contributed by atoms with van der Waals surface area (Å²) in [5, 5.41) is 3.85. The van der Waals surface area contributed by atoms with Crippen molar-refractivity contribution < 1.29 is 4.84 Å². The van der Waals surface area contributed by atoms with E-state index in [1.165, 1.54) is 11.0 Å². The Morgan fingerprint density at radius 1 is 1.14 bits per heavy atom. The first-order chi connectivity index (χ1) is 6.75. The summed E-state index contributed by atoms with van der Waals surface area (Å²) in [6.45, 7) is 0. The molecule has 5 nitrogen and oxygen atoms in total. The molecule has 1 heterocycles. The quantitative estimate of drug-likeness (QED) is 0.737. The maximum atomic E-state index is 5.51. The summed E-state index contributed by atoms with van der Waals surface area (Å²) in [4.78, 5) is 6.56. The van der Waals surface area contributed by atoms with Crippen molar-refractivity contribution in [2.24, 2.45) is 0 Å². The minimum atomic E-state index is 0.265. The van der Waals surface area contributed by atoms with Gasteiger partial charge in [0, 0.05) is 0 Å². The Hall–Kier alpha value is -2.17. The fraction of sp³-hybridized carbons (Fsp3) is 0. The molecule has 2 rings (SSSR count). The lowest BCUT2D eigenvalue weighted by Gasteiger charge is -2.02. The lowest BCUT2D eigenvalue weighted by molar-refractivity contribution is 0.180. The van der Waals surface area contributed by atoms with Gasteiger partial charge in [0.15, 0.2) is 11.6 Å². The van der Waals surface area contributed by atoms with Gasteiger partial charge in [0.1, 0.15) is 0 Å².